The number of nitrogens with one attached hydrogen (secondary N) is 1. The first-order valence-electron chi connectivity index (χ1n) is 7.52. The summed E-state index contributed by atoms with van der Waals surface area (Å²) < 4.78 is 1.74. The van der Waals surface area contributed by atoms with Crippen LogP contribution in [0.2, 0.25) is 0 Å². The molecule has 1 aliphatic rings. The Labute approximate surface area is 118 Å². The summed E-state index contributed by atoms with van der Waals surface area (Å²) in [5.41, 5.74) is 0.856. The number of piperidine rings is 1. The predicted octanol–water partition coefficient (Wildman–Crippen LogP) is 2.32. The SMILES string of the molecule is O=c1c2ccccc2ncn1CCC[C@@H]1CCCCN1. The summed E-state index contributed by atoms with van der Waals surface area (Å²) >= 11 is 0. The molecular formula is C16H21N3O. The molecule has 1 aromatic carbocycles. The van der Waals surface area contributed by atoms with Crippen LogP contribution in [0, 0.1) is 0 Å². The van der Waals surface area contributed by atoms with Gasteiger partial charge in [0.2, 0.25) is 0 Å². The zero-order chi connectivity index (χ0) is 13.8. The van der Waals surface area contributed by atoms with Crippen LogP contribution >= 0.6 is 0 Å². The topological polar surface area (TPSA) is 46.9 Å². The fourth-order valence-corrected chi connectivity index (χ4v) is 2.94. The third kappa shape index (κ3) is 2.90. The van der Waals surface area contributed by atoms with Gasteiger partial charge in [0.05, 0.1) is 17.2 Å². The van der Waals surface area contributed by atoms with E-state index in [-0.39, 0.29) is 5.56 Å². The molecule has 1 saturated heterocycles. The molecule has 106 valence electrons. The minimum absolute atomic E-state index is 0.0761. The highest BCUT2D eigenvalue weighted by molar-refractivity contribution is 5.76. The van der Waals surface area contributed by atoms with Crippen LogP contribution in [0.1, 0.15) is 32.1 Å². The fourth-order valence-electron chi connectivity index (χ4n) is 2.94. The van der Waals surface area contributed by atoms with Crippen LogP contribution in [0.4, 0.5) is 0 Å². The van der Waals surface area contributed by atoms with Crippen LogP contribution in [0.15, 0.2) is 35.4 Å². The zero-order valence-corrected chi connectivity index (χ0v) is 11.7. The van der Waals surface area contributed by atoms with E-state index in [4.69, 9.17) is 0 Å². The normalized spacial score (nSPS) is 19.3. The molecule has 0 aliphatic carbocycles. The van der Waals surface area contributed by atoms with Gasteiger partial charge in [-0.1, -0.05) is 18.6 Å². The molecule has 0 spiro atoms. The van der Waals surface area contributed by atoms with Crippen molar-refractivity contribution in [3.8, 4) is 0 Å². The first kappa shape index (κ1) is 13.3. The summed E-state index contributed by atoms with van der Waals surface area (Å²) in [6.45, 7) is 1.90. The highest BCUT2D eigenvalue weighted by Gasteiger charge is 2.12. The largest absolute Gasteiger partial charge is 0.314 e. The zero-order valence-electron chi connectivity index (χ0n) is 11.7. The predicted molar refractivity (Wildman–Crippen MR) is 80.9 cm³/mol. The number of hydrogen-bond donors (Lipinski definition) is 1. The summed E-state index contributed by atoms with van der Waals surface area (Å²) in [4.78, 5) is 16.7. The van der Waals surface area contributed by atoms with Gasteiger partial charge in [-0.05, 0) is 44.4 Å². The maximum Gasteiger partial charge on any atom is 0.261 e. The lowest BCUT2D eigenvalue weighted by Crippen LogP contribution is -2.34. The first-order valence-corrected chi connectivity index (χ1v) is 7.52. The molecule has 20 heavy (non-hydrogen) atoms. The van der Waals surface area contributed by atoms with Gasteiger partial charge in [0, 0.05) is 12.6 Å². The van der Waals surface area contributed by atoms with Crippen LogP contribution in [-0.2, 0) is 6.54 Å². The molecule has 0 saturated carbocycles. The first-order chi connectivity index (χ1) is 9.84. The average Bonchev–Trinajstić information content (AvgIpc) is 2.51. The van der Waals surface area contributed by atoms with Crippen molar-refractivity contribution >= 4 is 10.9 Å². The molecule has 2 aromatic rings. The van der Waals surface area contributed by atoms with Gasteiger partial charge >= 0.3 is 0 Å². The van der Waals surface area contributed by atoms with Crippen molar-refractivity contribution in [2.24, 2.45) is 0 Å². The number of nitrogens with zero attached hydrogens (tertiary/aromatic N) is 2. The van der Waals surface area contributed by atoms with E-state index in [1.54, 1.807) is 10.9 Å². The van der Waals surface area contributed by atoms with Gasteiger partial charge in [-0.2, -0.15) is 0 Å². The van der Waals surface area contributed by atoms with Crippen molar-refractivity contribution < 1.29 is 0 Å². The molecular weight excluding hydrogens is 250 g/mol. The maximum atomic E-state index is 12.3. The Morgan fingerprint density at radius 3 is 3.05 bits per heavy atom. The lowest BCUT2D eigenvalue weighted by molar-refractivity contribution is 0.367. The van der Waals surface area contributed by atoms with Crippen molar-refractivity contribution in [3.05, 3.63) is 40.9 Å². The van der Waals surface area contributed by atoms with E-state index in [0.29, 0.717) is 11.4 Å². The summed E-state index contributed by atoms with van der Waals surface area (Å²) in [5, 5.41) is 4.26. The minimum atomic E-state index is 0.0761. The van der Waals surface area contributed by atoms with Crippen LogP contribution in [0.25, 0.3) is 10.9 Å². The van der Waals surface area contributed by atoms with E-state index in [1.807, 2.05) is 24.3 Å². The summed E-state index contributed by atoms with van der Waals surface area (Å²) in [5.74, 6) is 0. The third-order valence-electron chi connectivity index (χ3n) is 4.10. The Kier molecular flexibility index (Phi) is 4.11. The Hall–Kier alpha value is -1.68. The van der Waals surface area contributed by atoms with Crippen LogP contribution < -0.4 is 10.9 Å². The van der Waals surface area contributed by atoms with Gasteiger partial charge < -0.3 is 5.32 Å². The molecule has 4 heteroatoms. The van der Waals surface area contributed by atoms with E-state index in [2.05, 4.69) is 10.3 Å². The molecule has 1 aromatic heterocycles. The summed E-state index contributed by atoms with van der Waals surface area (Å²) in [6, 6.07) is 8.17. The van der Waals surface area contributed by atoms with Crippen LogP contribution in [-0.4, -0.2) is 22.1 Å². The molecule has 0 bridgehead atoms. The molecule has 3 rings (SSSR count). The van der Waals surface area contributed by atoms with E-state index in [1.165, 1.54) is 19.3 Å². The highest BCUT2D eigenvalue weighted by atomic mass is 16.1. The maximum absolute atomic E-state index is 12.3. The molecule has 1 atom stereocenters. The van der Waals surface area contributed by atoms with Gasteiger partial charge in [-0.25, -0.2) is 4.98 Å². The van der Waals surface area contributed by atoms with Crippen molar-refractivity contribution in [2.45, 2.75) is 44.7 Å². The number of rotatable bonds is 4. The minimum Gasteiger partial charge on any atom is -0.314 e. The van der Waals surface area contributed by atoms with Crippen molar-refractivity contribution in [3.63, 3.8) is 0 Å². The second-order valence-corrected chi connectivity index (χ2v) is 5.55. The molecule has 1 N–H and O–H groups in total. The Morgan fingerprint density at radius 1 is 1.30 bits per heavy atom. The summed E-state index contributed by atoms with van der Waals surface area (Å²) in [6.07, 6.45) is 7.74. The number of fused-ring (bicyclic) bond motifs is 1. The van der Waals surface area contributed by atoms with Crippen molar-refractivity contribution in [1.29, 1.82) is 0 Å². The smallest absolute Gasteiger partial charge is 0.261 e. The Balaban J connectivity index is 1.65. The quantitative estimate of drug-likeness (QED) is 0.928. The second-order valence-electron chi connectivity index (χ2n) is 5.55. The van der Waals surface area contributed by atoms with Gasteiger partial charge in [0.1, 0.15) is 0 Å². The molecule has 1 fully saturated rings. The molecule has 2 heterocycles. The van der Waals surface area contributed by atoms with E-state index in [9.17, 15) is 4.79 Å². The monoisotopic (exact) mass is 271 g/mol. The van der Waals surface area contributed by atoms with E-state index < -0.39 is 0 Å². The number of para-hydroxylation sites is 1. The van der Waals surface area contributed by atoms with Crippen molar-refractivity contribution in [1.82, 2.24) is 14.9 Å². The lowest BCUT2D eigenvalue weighted by Gasteiger charge is -2.23. The molecule has 0 unspecified atom stereocenters. The number of hydrogen-bond acceptors (Lipinski definition) is 3. The number of benzene rings is 1. The molecule has 4 nitrogen and oxygen atoms in total. The van der Waals surface area contributed by atoms with Crippen molar-refractivity contribution in [2.75, 3.05) is 6.54 Å². The number of aryl methyl sites for hydroxylation is 1. The van der Waals surface area contributed by atoms with Crippen LogP contribution in [0.3, 0.4) is 0 Å². The van der Waals surface area contributed by atoms with Gasteiger partial charge in [0.25, 0.3) is 5.56 Å². The Morgan fingerprint density at radius 2 is 2.20 bits per heavy atom. The highest BCUT2D eigenvalue weighted by Crippen LogP contribution is 2.12. The Bertz CT molecular complexity index is 629. The average molecular weight is 271 g/mol. The van der Waals surface area contributed by atoms with Gasteiger partial charge in [0.15, 0.2) is 0 Å². The molecule has 0 radical (unpaired) electrons. The molecule has 0 amide bonds. The van der Waals surface area contributed by atoms with Gasteiger partial charge in [-0.3, -0.25) is 9.36 Å². The second kappa shape index (κ2) is 6.18. The lowest BCUT2D eigenvalue weighted by atomic mass is 10.0. The van der Waals surface area contributed by atoms with E-state index >= 15 is 0 Å². The molecule has 1 aliphatic heterocycles. The van der Waals surface area contributed by atoms with Crippen LogP contribution in [0.5, 0.6) is 0 Å². The third-order valence-corrected chi connectivity index (χ3v) is 4.10. The standard InChI is InChI=1S/C16H21N3O/c20-16-14-8-1-2-9-15(14)18-12-19(16)11-5-7-13-6-3-4-10-17-13/h1-2,8-9,12-13,17H,3-7,10-11H2/t13-/m0/s1. The number of aromatic nitrogens is 2. The van der Waals surface area contributed by atoms with E-state index in [0.717, 1.165) is 31.4 Å². The fraction of sp³-hybridized carbons (Fsp3) is 0.500. The van der Waals surface area contributed by atoms with Gasteiger partial charge in [-0.15, -0.1) is 0 Å². The summed E-state index contributed by atoms with van der Waals surface area (Å²) in [7, 11) is 0.